The van der Waals surface area contributed by atoms with Gasteiger partial charge in [0.25, 0.3) is 0 Å². The van der Waals surface area contributed by atoms with Gasteiger partial charge in [-0.3, -0.25) is 18.6 Å². The standard InChI is InChI=1S/C53H103O13P/c1-3-5-7-9-11-13-15-17-18-19-20-21-22-23-24-25-26-27-28-30-31-33-35-37-39-41-46(55)63-43-45(54)44-64-67(61,62)66-53-51(60)49(58)48(57)50(59)52(53)65-47(56)42-40-38-36-34-32-29-16-14-12-10-8-6-4-2/h45,48-54,57-60H,3-44H2,1-2H3,(H,61,62)/t45-,48-,49?,50?,51+,52?,53-/m0/s1. The van der Waals surface area contributed by atoms with E-state index < -0.39 is 75.7 Å². The molecular formula is C53H103O13P. The number of hydrogen-bond acceptors (Lipinski definition) is 12. The molecule has 1 aliphatic carbocycles. The van der Waals surface area contributed by atoms with Crippen LogP contribution in [0.15, 0.2) is 0 Å². The predicted molar refractivity (Wildman–Crippen MR) is 268 cm³/mol. The molecule has 0 bridgehead atoms. The zero-order valence-corrected chi connectivity index (χ0v) is 43.6. The molecule has 0 radical (unpaired) electrons. The van der Waals surface area contributed by atoms with Crippen molar-refractivity contribution >= 4 is 19.8 Å². The lowest BCUT2D eigenvalue weighted by atomic mass is 9.85. The fourth-order valence-corrected chi connectivity index (χ4v) is 9.99. The highest BCUT2D eigenvalue weighted by Crippen LogP contribution is 2.47. The summed E-state index contributed by atoms with van der Waals surface area (Å²) in [6.45, 7) is 3.21. The van der Waals surface area contributed by atoms with Crippen LogP contribution in [0.5, 0.6) is 0 Å². The van der Waals surface area contributed by atoms with Gasteiger partial charge in [0.2, 0.25) is 0 Å². The van der Waals surface area contributed by atoms with E-state index >= 15 is 0 Å². The SMILES string of the molecule is CCCCCCCCCCCCCCCCCCCCCCCCCCCC(=O)OC[C@H](O)COP(=O)(O)O[C@@H]1C(OC(=O)CCCCCCCCCCCCCCC)C(O)[C@@H](O)C(O)[C@H]1O. The van der Waals surface area contributed by atoms with Crippen LogP contribution in [0.2, 0.25) is 0 Å². The predicted octanol–water partition coefficient (Wildman–Crippen LogP) is 12.4. The van der Waals surface area contributed by atoms with Gasteiger partial charge in [-0.15, -0.1) is 0 Å². The molecule has 1 saturated carbocycles. The molecule has 1 fully saturated rings. The second kappa shape index (κ2) is 43.6. The second-order valence-electron chi connectivity index (χ2n) is 19.8. The Morgan fingerprint density at radius 1 is 0.418 bits per heavy atom. The Balaban J connectivity index is 2.13. The molecule has 0 amide bonds. The second-order valence-corrected chi connectivity index (χ2v) is 21.2. The smallest absolute Gasteiger partial charge is 0.463 e. The van der Waals surface area contributed by atoms with Gasteiger partial charge in [0.1, 0.15) is 43.2 Å². The number of esters is 2. The molecule has 14 heteroatoms. The molecule has 8 atom stereocenters. The summed E-state index contributed by atoms with van der Waals surface area (Å²) < 4.78 is 33.2. The van der Waals surface area contributed by atoms with E-state index in [0.29, 0.717) is 12.8 Å². The van der Waals surface area contributed by atoms with E-state index in [0.717, 1.165) is 44.9 Å². The van der Waals surface area contributed by atoms with Crippen LogP contribution < -0.4 is 0 Å². The van der Waals surface area contributed by atoms with Crippen LogP contribution in [0.3, 0.4) is 0 Å². The fraction of sp³-hybridized carbons (Fsp3) is 0.962. The van der Waals surface area contributed by atoms with E-state index in [-0.39, 0.29) is 12.8 Å². The topological polar surface area (TPSA) is 210 Å². The van der Waals surface area contributed by atoms with E-state index in [1.54, 1.807) is 0 Å². The molecule has 13 nitrogen and oxygen atoms in total. The molecule has 0 spiro atoms. The highest BCUT2D eigenvalue weighted by Gasteiger charge is 2.53. The number of unbranched alkanes of at least 4 members (excludes halogenated alkanes) is 36. The first kappa shape index (κ1) is 63.9. The summed E-state index contributed by atoms with van der Waals surface area (Å²) in [7, 11) is -5.11. The van der Waals surface area contributed by atoms with Gasteiger partial charge in [-0.2, -0.15) is 0 Å². The molecule has 0 heterocycles. The molecule has 6 N–H and O–H groups in total. The molecule has 398 valence electrons. The van der Waals surface area contributed by atoms with Gasteiger partial charge in [-0.1, -0.05) is 245 Å². The quantitative estimate of drug-likeness (QED) is 0.0191. The van der Waals surface area contributed by atoms with Gasteiger partial charge < -0.3 is 39.9 Å². The molecule has 0 saturated heterocycles. The highest BCUT2D eigenvalue weighted by molar-refractivity contribution is 7.47. The summed E-state index contributed by atoms with van der Waals surface area (Å²) in [6, 6.07) is 0. The normalized spacial score (nSPS) is 21.0. The molecule has 1 aliphatic rings. The summed E-state index contributed by atoms with van der Waals surface area (Å²) in [5.74, 6) is -1.28. The third-order valence-corrected chi connectivity index (χ3v) is 14.4. The van der Waals surface area contributed by atoms with Crippen molar-refractivity contribution in [1.29, 1.82) is 0 Å². The van der Waals surface area contributed by atoms with Crippen molar-refractivity contribution in [2.45, 2.75) is 313 Å². The van der Waals surface area contributed by atoms with Crippen LogP contribution in [0.4, 0.5) is 0 Å². The first-order valence-electron chi connectivity index (χ1n) is 27.8. The van der Waals surface area contributed by atoms with Crippen LogP contribution >= 0.6 is 7.82 Å². The number of hydrogen-bond donors (Lipinski definition) is 6. The van der Waals surface area contributed by atoms with E-state index in [4.69, 9.17) is 18.5 Å². The number of carbonyl (C=O) groups is 2. The zero-order chi connectivity index (χ0) is 49.2. The number of phosphoric acid groups is 1. The maximum atomic E-state index is 12.8. The molecule has 0 aromatic heterocycles. The lowest BCUT2D eigenvalue weighted by Gasteiger charge is -2.43. The number of phosphoric ester groups is 1. The summed E-state index contributed by atoms with van der Waals surface area (Å²) in [5, 5.41) is 52.0. The maximum absolute atomic E-state index is 12.8. The highest BCUT2D eigenvalue weighted by atomic mass is 31.2. The van der Waals surface area contributed by atoms with Crippen molar-refractivity contribution in [2.24, 2.45) is 0 Å². The Morgan fingerprint density at radius 3 is 1.03 bits per heavy atom. The number of rotatable bonds is 48. The molecule has 67 heavy (non-hydrogen) atoms. The fourth-order valence-electron chi connectivity index (χ4n) is 9.02. The van der Waals surface area contributed by atoms with Crippen molar-refractivity contribution in [2.75, 3.05) is 13.2 Å². The molecule has 1 rings (SSSR count). The van der Waals surface area contributed by atoms with Crippen LogP contribution in [0.25, 0.3) is 0 Å². The molecule has 4 unspecified atom stereocenters. The third-order valence-electron chi connectivity index (χ3n) is 13.4. The molecule has 0 aromatic carbocycles. The molecular weight excluding hydrogens is 876 g/mol. The maximum Gasteiger partial charge on any atom is 0.472 e. The van der Waals surface area contributed by atoms with Crippen molar-refractivity contribution in [3.8, 4) is 0 Å². The Hall–Kier alpha value is -1.15. The third kappa shape index (κ3) is 35.6. The summed E-state index contributed by atoms with van der Waals surface area (Å²) in [4.78, 5) is 35.3. The largest absolute Gasteiger partial charge is 0.472 e. The summed E-state index contributed by atoms with van der Waals surface area (Å²) in [5.41, 5.74) is 0. The van der Waals surface area contributed by atoms with Crippen LogP contribution in [0.1, 0.15) is 271 Å². The Kier molecular flexibility index (Phi) is 41.6. The average molecular weight is 979 g/mol. The van der Waals surface area contributed by atoms with Crippen LogP contribution in [-0.4, -0.2) is 98.3 Å². The van der Waals surface area contributed by atoms with Crippen LogP contribution in [0, 0.1) is 0 Å². The van der Waals surface area contributed by atoms with Gasteiger partial charge in [-0.05, 0) is 12.8 Å². The molecule has 0 aromatic rings. The Labute approximate surface area is 408 Å². The number of aliphatic hydroxyl groups is 5. The number of aliphatic hydroxyl groups excluding tert-OH is 5. The molecule has 0 aliphatic heterocycles. The van der Waals surface area contributed by atoms with E-state index in [1.165, 1.54) is 186 Å². The average Bonchev–Trinajstić information content (AvgIpc) is 3.31. The lowest BCUT2D eigenvalue weighted by molar-refractivity contribution is -0.231. The van der Waals surface area contributed by atoms with Gasteiger partial charge in [0, 0.05) is 12.8 Å². The summed E-state index contributed by atoms with van der Waals surface area (Å²) >= 11 is 0. The monoisotopic (exact) mass is 979 g/mol. The van der Waals surface area contributed by atoms with Crippen molar-refractivity contribution < 1.29 is 63.1 Å². The van der Waals surface area contributed by atoms with Crippen molar-refractivity contribution in [1.82, 2.24) is 0 Å². The van der Waals surface area contributed by atoms with Gasteiger partial charge >= 0.3 is 19.8 Å². The van der Waals surface area contributed by atoms with Crippen molar-refractivity contribution in [3.63, 3.8) is 0 Å². The van der Waals surface area contributed by atoms with E-state index in [2.05, 4.69) is 13.8 Å². The van der Waals surface area contributed by atoms with E-state index in [9.17, 15) is 44.6 Å². The zero-order valence-electron chi connectivity index (χ0n) is 42.7. The Morgan fingerprint density at radius 2 is 0.701 bits per heavy atom. The van der Waals surface area contributed by atoms with Crippen LogP contribution in [-0.2, 0) is 32.7 Å². The van der Waals surface area contributed by atoms with Gasteiger partial charge in [-0.25, -0.2) is 4.57 Å². The van der Waals surface area contributed by atoms with E-state index in [1.807, 2.05) is 0 Å². The lowest BCUT2D eigenvalue weighted by Crippen LogP contribution is -2.65. The number of ether oxygens (including phenoxy) is 2. The Bertz CT molecular complexity index is 1190. The first-order chi connectivity index (χ1) is 32.4. The minimum Gasteiger partial charge on any atom is -0.463 e. The minimum absolute atomic E-state index is 0.0275. The minimum atomic E-state index is -5.11. The van der Waals surface area contributed by atoms with Gasteiger partial charge in [0.05, 0.1) is 6.61 Å². The van der Waals surface area contributed by atoms with Gasteiger partial charge in [0.15, 0.2) is 6.10 Å². The summed E-state index contributed by atoms with van der Waals surface area (Å²) in [6.07, 6.45) is 34.1. The first-order valence-corrected chi connectivity index (χ1v) is 29.3. The number of carbonyl (C=O) groups excluding carboxylic acids is 2. The van der Waals surface area contributed by atoms with Crippen molar-refractivity contribution in [3.05, 3.63) is 0 Å².